The number of nitrogens with zero attached hydrogens (tertiary/aromatic N) is 2. The van der Waals surface area contributed by atoms with Crippen molar-refractivity contribution in [2.24, 2.45) is 5.92 Å². The van der Waals surface area contributed by atoms with Crippen molar-refractivity contribution in [1.29, 1.82) is 0 Å². The van der Waals surface area contributed by atoms with E-state index in [4.69, 9.17) is 0 Å². The van der Waals surface area contributed by atoms with E-state index in [0.29, 0.717) is 0 Å². The van der Waals surface area contributed by atoms with Gasteiger partial charge >= 0.3 is 0 Å². The van der Waals surface area contributed by atoms with E-state index < -0.39 is 0 Å². The summed E-state index contributed by atoms with van der Waals surface area (Å²) in [5.74, 6) is -0.216. The van der Waals surface area contributed by atoms with Crippen LogP contribution in [0.3, 0.4) is 0 Å². The normalized spacial score (nSPS) is 12.4. The molecular formula is C15H17BrFN3O. The molecule has 0 spiro atoms. The van der Waals surface area contributed by atoms with Crippen LogP contribution in [0.15, 0.2) is 41.1 Å². The van der Waals surface area contributed by atoms with E-state index in [1.165, 1.54) is 12.1 Å². The number of carbonyl (C=O) groups excluding carboxylic acids is 1. The van der Waals surface area contributed by atoms with Crippen LogP contribution in [0.1, 0.15) is 25.5 Å². The largest absolute Gasteiger partial charge is 0.347 e. The van der Waals surface area contributed by atoms with Crippen molar-refractivity contribution in [2.75, 3.05) is 0 Å². The number of hydrogen-bond donors (Lipinski definition) is 1. The summed E-state index contributed by atoms with van der Waals surface area (Å²) in [6, 6.07) is 6.05. The number of halogens is 2. The molecule has 2 rings (SSSR count). The Morgan fingerprint density at radius 2 is 2.05 bits per heavy atom. The number of hydrogen-bond acceptors (Lipinski definition) is 2. The van der Waals surface area contributed by atoms with Gasteiger partial charge in [-0.3, -0.25) is 9.48 Å². The van der Waals surface area contributed by atoms with Gasteiger partial charge in [-0.1, -0.05) is 26.0 Å². The molecule has 0 aliphatic rings. The van der Waals surface area contributed by atoms with Crippen molar-refractivity contribution in [1.82, 2.24) is 15.1 Å². The fraction of sp³-hybridized carbons (Fsp3) is 0.333. The summed E-state index contributed by atoms with van der Waals surface area (Å²) in [4.78, 5) is 12.1. The van der Waals surface area contributed by atoms with Crippen LogP contribution < -0.4 is 5.32 Å². The van der Waals surface area contributed by atoms with Gasteiger partial charge in [0.05, 0.1) is 16.7 Å². The minimum Gasteiger partial charge on any atom is -0.347 e. The topological polar surface area (TPSA) is 46.9 Å². The second kappa shape index (κ2) is 6.85. The van der Waals surface area contributed by atoms with Gasteiger partial charge in [0.25, 0.3) is 0 Å². The molecule has 0 saturated carbocycles. The van der Waals surface area contributed by atoms with Crippen molar-refractivity contribution >= 4 is 21.8 Å². The predicted molar refractivity (Wildman–Crippen MR) is 82.0 cm³/mol. The monoisotopic (exact) mass is 353 g/mol. The fourth-order valence-corrected chi connectivity index (χ4v) is 2.42. The Balaban J connectivity index is 2.05. The standard InChI is InChI=1S/C15H17BrFN3O/c1-10(2)15(11-3-5-13(17)6-4-11)19-14(21)9-20-8-12(16)7-18-20/h3-8,10,15H,9H2,1-2H3,(H,19,21). The van der Waals surface area contributed by atoms with Gasteiger partial charge in [0.1, 0.15) is 12.4 Å². The molecule has 1 heterocycles. The smallest absolute Gasteiger partial charge is 0.242 e. The number of aromatic nitrogens is 2. The van der Waals surface area contributed by atoms with Gasteiger partial charge in [-0.05, 0) is 39.5 Å². The van der Waals surface area contributed by atoms with Crippen molar-refractivity contribution in [3.63, 3.8) is 0 Å². The summed E-state index contributed by atoms with van der Waals surface area (Å²) < 4.78 is 15.4. The summed E-state index contributed by atoms with van der Waals surface area (Å²) in [5, 5.41) is 7.02. The summed E-state index contributed by atoms with van der Waals surface area (Å²) >= 11 is 3.29. The maximum Gasteiger partial charge on any atom is 0.242 e. The van der Waals surface area contributed by atoms with Crippen LogP contribution in [-0.2, 0) is 11.3 Å². The molecule has 0 bridgehead atoms. The third-order valence-corrected chi connectivity index (χ3v) is 3.53. The molecule has 0 fully saturated rings. The first-order valence-electron chi connectivity index (χ1n) is 6.68. The summed E-state index contributed by atoms with van der Waals surface area (Å²) in [5.41, 5.74) is 0.890. The fourth-order valence-electron chi connectivity index (χ4n) is 2.10. The minimum atomic E-state index is -0.283. The number of carbonyl (C=O) groups is 1. The van der Waals surface area contributed by atoms with E-state index in [9.17, 15) is 9.18 Å². The van der Waals surface area contributed by atoms with E-state index in [1.54, 1.807) is 29.2 Å². The molecule has 1 amide bonds. The Morgan fingerprint density at radius 3 is 2.57 bits per heavy atom. The molecule has 0 saturated heterocycles. The van der Waals surface area contributed by atoms with Crippen molar-refractivity contribution in [3.05, 3.63) is 52.5 Å². The molecule has 1 unspecified atom stereocenters. The summed E-state index contributed by atoms with van der Waals surface area (Å²) in [7, 11) is 0. The van der Waals surface area contributed by atoms with Crippen molar-refractivity contribution in [3.8, 4) is 0 Å². The van der Waals surface area contributed by atoms with Gasteiger partial charge in [0.15, 0.2) is 0 Å². The van der Waals surface area contributed by atoms with E-state index >= 15 is 0 Å². The highest BCUT2D eigenvalue weighted by molar-refractivity contribution is 9.10. The Bertz CT molecular complexity index is 610. The van der Waals surface area contributed by atoms with Crippen LogP contribution in [-0.4, -0.2) is 15.7 Å². The first kappa shape index (κ1) is 15.7. The Kier molecular flexibility index (Phi) is 5.12. The molecule has 21 heavy (non-hydrogen) atoms. The maximum absolute atomic E-state index is 13.0. The molecular weight excluding hydrogens is 337 g/mol. The number of rotatable bonds is 5. The van der Waals surface area contributed by atoms with Crippen LogP contribution >= 0.6 is 15.9 Å². The molecule has 1 aromatic heterocycles. The maximum atomic E-state index is 13.0. The van der Waals surface area contributed by atoms with Crippen molar-refractivity contribution < 1.29 is 9.18 Å². The molecule has 1 N–H and O–H groups in total. The molecule has 0 aliphatic heterocycles. The van der Waals surface area contributed by atoms with E-state index in [2.05, 4.69) is 26.3 Å². The molecule has 112 valence electrons. The van der Waals surface area contributed by atoms with Crippen LogP contribution in [0, 0.1) is 11.7 Å². The van der Waals surface area contributed by atoms with Crippen LogP contribution in [0.4, 0.5) is 4.39 Å². The molecule has 0 aliphatic carbocycles. The first-order chi connectivity index (χ1) is 9.95. The first-order valence-corrected chi connectivity index (χ1v) is 7.48. The second-order valence-corrected chi connectivity index (χ2v) is 6.11. The Labute approximate surface area is 131 Å². The van der Waals surface area contributed by atoms with E-state index in [0.717, 1.165) is 10.0 Å². The second-order valence-electron chi connectivity index (χ2n) is 5.20. The average molecular weight is 354 g/mol. The third-order valence-electron chi connectivity index (χ3n) is 3.12. The molecule has 1 aromatic carbocycles. The lowest BCUT2D eigenvalue weighted by molar-refractivity contribution is -0.122. The third kappa shape index (κ3) is 4.39. The highest BCUT2D eigenvalue weighted by Crippen LogP contribution is 2.21. The van der Waals surface area contributed by atoms with Gasteiger partial charge in [0, 0.05) is 6.20 Å². The summed E-state index contributed by atoms with van der Waals surface area (Å²) in [6.45, 7) is 4.17. The van der Waals surface area contributed by atoms with Crippen molar-refractivity contribution in [2.45, 2.75) is 26.4 Å². The van der Waals surface area contributed by atoms with E-state index in [-0.39, 0.29) is 30.2 Å². The molecule has 4 nitrogen and oxygen atoms in total. The van der Waals surface area contributed by atoms with Crippen LogP contribution in [0.2, 0.25) is 0 Å². The quantitative estimate of drug-likeness (QED) is 0.896. The molecule has 6 heteroatoms. The zero-order valence-electron chi connectivity index (χ0n) is 11.9. The highest BCUT2D eigenvalue weighted by atomic mass is 79.9. The Hall–Kier alpha value is -1.69. The zero-order chi connectivity index (χ0) is 15.4. The lowest BCUT2D eigenvalue weighted by Gasteiger charge is -2.23. The molecule has 1 atom stereocenters. The van der Waals surface area contributed by atoms with Gasteiger partial charge in [-0.2, -0.15) is 5.10 Å². The summed E-state index contributed by atoms with van der Waals surface area (Å²) in [6.07, 6.45) is 3.37. The Morgan fingerprint density at radius 1 is 1.38 bits per heavy atom. The highest BCUT2D eigenvalue weighted by Gasteiger charge is 2.18. The molecule has 2 aromatic rings. The minimum absolute atomic E-state index is 0.131. The average Bonchev–Trinajstić information content (AvgIpc) is 2.82. The van der Waals surface area contributed by atoms with E-state index in [1.807, 2.05) is 13.8 Å². The number of nitrogens with one attached hydrogen (secondary N) is 1. The van der Waals surface area contributed by atoms with Gasteiger partial charge < -0.3 is 5.32 Å². The van der Waals surface area contributed by atoms with Gasteiger partial charge in [-0.15, -0.1) is 0 Å². The zero-order valence-corrected chi connectivity index (χ0v) is 13.5. The predicted octanol–water partition coefficient (Wildman–Crippen LogP) is 3.30. The lowest BCUT2D eigenvalue weighted by atomic mass is 9.96. The van der Waals surface area contributed by atoms with Crippen LogP contribution in [0.25, 0.3) is 0 Å². The molecule has 0 radical (unpaired) electrons. The van der Waals surface area contributed by atoms with Gasteiger partial charge in [-0.25, -0.2) is 4.39 Å². The number of benzene rings is 1. The lowest BCUT2D eigenvalue weighted by Crippen LogP contribution is -2.34. The SMILES string of the molecule is CC(C)C(NC(=O)Cn1cc(Br)cn1)c1ccc(F)cc1. The number of amides is 1. The van der Waals surface area contributed by atoms with Crippen LogP contribution in [0.5, 0.6) is 0 Å². The van der Waals surface area contributed by atoms with Gasteiger partial charge in [0.2, 0.25) is 5.91 Å².